The highest BCUT2D eigenvalue weighted by molar-refractivity contribution is 5.95. The van der Waals surface area contributed by atoms with Crippen molar-refractivity contribution in [2.24, 2.45) is 11.1 Å². The molecule has 0 atom stereocenters. The van der Waals surface area contributed by atoms with Crippen molar-refractivity contribution < 1.29 is 4.79 Å². The van der Waals surface area contributed by atoms with Crippen LogP contribution in [0.5, 0.6) is 0 Å². The lowest BCUT2D eigenvalue weighted by Crippen LogP contribution is -2.40. The van der Waals surface area contributed by atoms with E-state index in [9.17, 15) is 4.79 Å². The summed E-state index contributed by atoms with van der Waals surface area (Å²) < 4.78 is 0. The Labute approximate surface area is 108 Å². The first-order chi connectivity index (χ1) is 8.55. The summed E-state index contributed by atoms with van der Waals surface area (Å²) in [4.78, 5) is 16.7. The van der Waals surface area contributed by atoms with Crippen LogP contribution in [0.4, 0.5) is 5.82 Å². The maximum absolute atomic E-state index is 12.4. The molecule has 1 aromatic heterocycles. The summed E-state index contributed by atoms with van der Waals surface area (Å²) >= 11 is 0. The summed E-state index contributed by atoms with van der Waals surface area (Å²) in [5.41, 5.74) is 7.44. The number of amides is 1. The Morgan fingerprint density at radius 2 is 2.06 bits per heavy atom. The van der Waals surface area contributed by atoms with Crippen molar-refractivity contribution in [2.45, 2.75) is 39.5 Å². The van der Waals surface area contributed by atoms with Crippen LogP contribution in [-0.2, 0) is 4.79 Å². The number of hydrogen-bond donors (Lipinski definition) is 2. The Bertz CT molecular complexity index is 430. The molecule has 0 radical (unpaired) electrons. The van der Waals surface area contributed by atoms with Crippen molar-refractivity contribution in [1.29, 1.82) is 0 Å². The fourth-order valence-corrected chi connectivity index (χ4v) is 2.73. The second-order valence-electron chi connectivity index (χ2n) is 5.32. The molecule has 1 heterocycles. The summed E-state index contributed by atoms with van der Waals surface area (Å²) in [5.74, 6) is 0.664. The van der Waals surface area contributed by atoms with Crippen molar-refractivity contribution in [1.82, 2.24) is 4.98 Å². The number of nitrogens with zero attached hydrogens (tertiary/aromatic N) is 1. The number of carbonyl (C=O) groups is 1. The third-order valence-corrected chi connectivity index (χ3v) is 3.77. The van der Waals surface area contributed by atoms with Gasteiger partial charge in [-0.1, -0.05) is 12.8 Å². The zero-order valence-electron chi connectivity index (χ0n) is 11.1. The van der Waals surface area contributed by atoms with Crippen LogP contribution >= 0.6 is 0 Å². The lowest BCUT2D eigenvalue weighted by atomic mass is 9.85. The molecule has 0 unspecified atom stereocenters. The van der Waals surface area contributed by atoms with Gasteiger partial charge in [-0.05, 0) is 44.4 Å². The monoisotopic (exact) mass is 247 g/mol. The number of aryl methyl sites for hydroxylation is 2. The normalized spacial score (nSPS) is 17.7. The predicted octanol–water partition coefficient (Wildman–Crippen LogP) is 2.16. The highest BCUT2D eigenvalue weighted by Gasteiger charge is 2.39. The number of aromatic nitrogens is 1. The molecular weight excluding hydrogens is 226 g/mol. The molecule has 0 aromatic carbocycles. The fourth-order valence-electron chi connectivity index (χ4n) is 2.73. The molecule has 98 valence electrons. The van der Waals surface area contributed by atoms with Gasteiger partial charge in [-0.15, -0.1) is 0 Å². The first-order valence-corrected chi connectivity index (χ1v) is 6.52. The van der Waals surface area contributed by atoms with Crippen LogP contribution in [0.2, 0.25) is 0 Å². The lowest BCUT2D eigenvalue weighted by Gasteiger charge is -2.25. The van der Waals surface area contributed by atoms with Gasteiger partial charge in [0.25, 0.3) is 0 Å². The molecule has 1 aliphatic rings. The van der Waals surface area contributed by atoms with Crippen LogP contribution < -0.4 is 11.1 Å². The van der Waals surface area contributed by atoms with E-state index in [1.165, 1.54) is 0 Å². The standard InChI is InChI=1S/C14H21N3O/c1-10-7-11(2)16-12(8-10)17-13(18)14(9-15)5-3-4-6-14/h7-8H,3-6,9,15H2,1-2H3,(H,16,17,18). The quantitative estimate of drug-likeness (QED) is 0.860. The molecule has 1 amide bonds. The van der Waals surface area contributed by atoms with E-state index >= 15 is 0 Å². The van der Waals surface area contributed by atoms with Gasteiger partial charge in [0.05, 0.1) is 5.41 Å². The number of anilines is 1. The second-order valence-corrected chi connectivity index (χ2v) is 5.32. The van der Waals surface area contributed by atoms with Gasteiger partial charge in [0.2, 0.25) is 5.91 Å². The molecule has 1 saturated carbocycles. The smallest absolute Gasteiger partial charge is 0.233 e. The van der Waals surface area contributed by atoms with Gasteiger partial charge in [0.1, 0.15) is 5.82 Å². The lowest BCUT2D eigenvalue weighted by molar-refractivity contribution is -0.124. The second kappa shape index (κ2) is 5.06. The van der Waals surface area contributed by atoms with Crippen LogP contribution in [0, 0.1) is 19.3 Å². The maximum Gasteiger partial charge on any atom is 0.233 e. The molecule has 1 aromatic rings. The molecule has 0 aliphatic heterocycles. The number of rotatable bonds is 3. The summed E-state index contributed by atoms with van der Waals surface area (Å²) in [5, 5.41) is 2.93. The summed E-state index contributed by atoms with van der Waals surface area (Å²) in [7, 11) is 0. The molecule has 1 fully saturated rings. The van der Waals surface area contributed by atoms with Crippen molar-refractivity contribution in [3.05, 3.63) is 23.4 Å². The minimum atomic E-state index is -0.376. The zero-order valence-corrected chi connectivity index (χ0v) is 11.1. The van der Waals surface area contributed by atoms with Gasteiger partial charge in [0, 0.05) is 12.2 Å². The van der Waals surface area contributed by atoms with Crippen LogP contribution in [0.15, 0.2) is 12.1 Å². The van der Waals surface area contributed by atoms with Gasteiger partial charge in [-0.2, -0.15) is 0 Å². The van der Waals surface area contributed by atoms with E-state index in [-0.39, 0.29) is 11.3 Å². The average molecular weight is 247 g/mol. The number of nitrogens with two attached hydrogens (primary N) is 1. The molecule has 3 N–H and O–H groups in total. The van der Waals surface area contributed by atoms with Gasteiger partial charge < -0.3 is 11.1 Å². The van der Waals surface area contributed by atoms with Gasteiger partial charge in [-0.25, -0.2) is 4.98 Å². The largest absolute Gasteiger partial charge is 0.329 e. The minimum absolute atomic E-state index is 0.0278. The van der Waals surface area contributed by atoms with E-state index in [4.69, 9.17) is 5.73 Å². The predicted molar refractivity (Wildman–Crippen MR) is 72.3 cm³/mol. The number of hydrogen-bond acceptors (Lipinski definition) is 3. The maximum atomic E-state index is 12.4. The third kappa shape index (κ3) is 2.53. The minimum Gasteiger partial charge on any atom is -0.329 e. The zero-order chi connectivity index (χ0) is 13.2. The Morgan fingerprint density at radius 3 is 2.61 bits per heavy atom. The molecular formula is C14H21N3O. The molecule has 4 nitrogen and oxygen atoms in total. The first kappa shape index (κ1) is 13.0. The molecule has 0 spiro atoms. The van der Waals surface area contributed by atoms with E-state index in [1.54, 1.807) is 0 Å². The number of nitrogens with one attached hydrogen (secondary N) is 1. The number of carbonyl (C=O) groups excluding carboxylic acids is 1. The SMILES string of the molecule is Cc1cc(C)nc(NC(=O)C2(CN)CCCC2)c1. The summed E-state index contributed by atoms with van der Waals surface area (Å²) in [6.45, 7) is 4.35. The highest BCUT2D eigenvalue weighted by Crippen LogP contribution is 2.38. The fraction of sp³-hybridized carbons (Fsp3) is 0.571. The van der Waals surface area contributed by atoms with Gasteiger partial charge >= 0.3 is 0 Å². The van der Waals surface area contributed by atoms with Gasteiger partial charge in [0.15, 0.2) is 0 Å². The van der Waals surface area contributed by atoms with Crippen molar-refractivity contribution >= 4 is 11.7 Å². The van der Waals surface area contributed by atoms with E-state index in [2.05, 4.69) is 10.3 Å². The summed E-state index contributed by atoms with van der Waals surface area (Å²) in [6, 6.07) is 3.88. The van der Waals surface area contributed by atoms with E-state index in [0.29, 0.717) is 12.4 Å². The van der Waals surface area contributed by atoms with Crippen LogP contribution in [0.1, 0.15) is 36.9 Å². The Hall–Kier alpha value is -1.42. The van der Waals surface area contributed by atoms with Gasteiger partial charge in [-0.3, -0.25) is 4.79 Å². The van der Waals surface area contributed by atoms with Crippen molar-refractivity contribution in [2.75, 3.05) is 11.9 Å². The topological polar surface area (TPSA) is 68.0 Å². The van der Waals surface area contributed by atoms with Crippen LogP contribution in [0.3, 0.4) is 0 Å². The molecule has 0 saturated heterocycles. The van der Waals surface area contributed by atoms with Crippen LogP contribution in [0.25, 0.3) is 0 Å². The van der Waals surface area contributed by atoms with E-state index in [0.717, 1.165) is 36.9 Å². The van der Waals surface area contributed by atoms with E-state index in [1.807, 2.05) is 26.0 Å². The number of pyridine rings is 1. The Kier molecular flexibility index (Phi) is 3.66. The molecule has 0 bridgehead atoms. The Morgan fingerprint density at radius 1 is 1.39 bits per heavy atom. The first-order valence-electron chi connectivity index (χ1n) is 6.52. The highest BCUT2D eigenvalue weighted by atomic mass is 16.2. The van der Waals surface area contributed by atoms with E-state index < -0.39 is 0 Å². The molecule has 18 heavy (non-hydrogen) atoms. The molecule has 1 aliphatic carbocycles. The molecule has 2 rings (SSSR count). The third-order valence-electron chi connectivity index (χ3n) is 3.77. The molecule has 4 heteroatoms. The van der Waals surface area contributed by atoms with Crippen LogP contribution in [-0.4, -0.2) is 17.4 Å². The Balaban J connectivity index is 2.15. The van der Waals surface area contributed by atoms with Crippen molar-refractivity contribution in [3.63, 3.8) is 0 Å². The van der Waals surface area contributed by atoms with Crippen molar-refractivity contribution in [3.8, 4) is 0 Å². The summed E-state index contributed by atoms with van der Waals surface area (Å²) in [6.07, 6.45) is 3.95. The average Bonchev–Trinajstić information content (AvgIpc) is 2.77.